The Kier molecular flexibility index (Phi) is 6.32. The summed E-state index contributed by atoms with van der Waals surface area (Å²) in [4.78, 5) is 13.7. The Bertz CT molecular complexity index is 773. The zero-order valence-corrected chi connectivity index (χ0v) is 16.1. The average Bonchev–Trinajstić information content (AvgIpc) is 2.58. The highest BCUT2D eigenvalue weighted by atomic mass is 32.2. The van der Waals surface area contributed by atoms with Crippen molar-refractivity contribution in [1.82, 2.24) is 0 Å². The van der Waals surface area contributed by atoms with Crippen LogP contribution in [0.25, 0.3) is 6.08 Å². The summed E-state index contributed by atoms with van der Waals surface area (Å²) in [6, 6.07) is 13.3. The van der Waals surface area contributed by atoms with Gasteiger partial charge in [-0.05, 0) is 35.9 Å². The second kappa shape index (κ2) is 8.26. The van der Waals surface area contributed by atoms with Crippen molar-refractivity contribution in [3.8, 4) is 11.5 Å². The molecule has 0 aliphatic rings. The van der Waals surface area contributed by atoms with Gasteiger partial charge in [-0.25, -0.2) is 0 Å². The normalized spacial score (nSPS) is 11.6. The van der Waals surface area contributed by atoms with Crippen LogP contribution in [0.2, 0.25) is 0 Å². The number of ether oxygens (including phenoxy) is 2. The van der Waals surface area contributed by atoms with Crippen molar-refractivity contribution < 1.29 is 14.3 Å². The van der Waals surface area contributed by atoms with E-state index in [-0.39, 0.29) is 10.5 Å². The van der Waals surface area contributed by atoms with Gasteiger partial charge < -0.3 is 9.47 Å². The molecule has 0 aliphatic heterocycles. The van der Waals surface area contributed by atoms with Gasteiger partial charge in [0.15, 0.2) is 5.78 Å². The van der Waals surface area contributed by atoms with E-state index in [0.29, 0.717) is 17.1 Å². The molecule has 0 fully saturated rings. The number of rotatable bonds is 6. The van der Waals surface area contributed by atoms with Gasteiger partial charge in [-0.15, -0.1) is 11.8 Å². The third kappa shape index (κ3) is 5.40. The fourth-order valence-electron chi connectivity index (χ4n) is 2.30. The van der Waals surface area contributed by atoms with Crippen molar-refractivity contribution in [2.24, 2.45) is 0 Å². The van der Waals surface area contributed by atoms with E-state index >= 15 is 0 Å². The fraction of sp³-hybridized carbons (Fsp3) is 0.286. The molecular formula is C21H24O3S. The first-order valence-electron chi connectivity index (χ1n) is 8.06. The highest BCUT2D eigenvalue weighted by Crippen LogP contribution is 2.34. The molecule has 0 aliphatic carbocycles. The van der Waals surface area contributed by atoms with Crippen LogP contribution in [0, 0.1) is 0 Å². The van der Waals surface area contributed by atoms with Crippen molar-refractivity contribution in [2.45, 2.75) is 30.4 Å². The Hall–Kier alpha value is -2.20. The van der Waals surface area contributed by atoms with Crippen LogP contribution in [0.15, 0.2) is 53.4 Å². The molecule has 0 atom stereocenters. The van der Waals surface area contributed by atoms with E-state index in [9.17, 15) is 4.79 Å². The molecule has 0 radical (unpaired) electrons. The molecule has 0 bridgehead atoms. The van der Waals surface area contributed by atoms with Gasteiger partial charge in [0.1, 0.15) is 11.5 Å². The summed E-state index contributed by atoms with van der Waals surface area (Å²) in [7, 11) is 3.13. The average molecular weight is 356 g/mol. The number of hydrogen-bond donors (Lipinski definition) is 0. The summed E-state index contributed by atoms with van der Waals surface area (Å²) in [6.45, 7) is 6.52. The van der Waals surface area contributed by atoms with Crippen LogP contribution in [0.5, 0.6) is 11.5 Å². The van der Waals surface area contributed by atoms with Gasteiger partial charge in [0.25, 0.3) is 0 Å². The molecule has 0 heterocycles. The Morgan fingerprint density at radius 2 is 1.76 bits per heavy atom. The van der Waals surface area contributed by atoms with E-state index in [2.05, 4.69) is 26.8 Å². The van der Waals surface area contributed by atoms with Crippen LogP contribution < -0.4 is 9.47 Å². The second-order valence-electron chi connectivity index (χ2n) is 6.52. The molecule has 25 heavy (non-hydrogen) atoms. The molecule has 0 saturated heterocycles. The Morgan fingerprint density at radius 3 is 2.40 bits per heavy atom. The molecule has 0 unspecified atom stereocenters. The zero-order valence-electron chi connectivity index (χ0n) is 15.3. The lowest BCUT2D eigenvalue weighted by atomic mass is 10.1. The van der Waals surface area contributed by atoms with E-state index in [0.717, 1.165) is 10.5 Å². The summed E-state index contributed by atoms with van der Waals surface area (Å²) in [5, 5.41) is 0. The molecule has 2 rings (SSSR count). The Balaban J connectivity index is 2.27. The molecule has 4 heteroatoms. The number of carbonyl (C=O) groups excluding carboxylic acids is 1. The quantitative estimate of drug-likeness (QED) is 0.389. The first-order valence-corrected chi connectivity index (χ1v) is 8.88. The van der Waals surface area contributed by atoms with E-state index < -0.39 is 0 Å². The number of carbonyl (C=O) groups is 1. The molecule has 0 saturated carbocycles. The van der Waals surface area contributed by atoms with Gasteiger partial charge in [0.05, 0.1) is 19.8 Å². The first kappa shape index (κ1) is 19.1. The minimum atomic E-state index is -0.102. The van der Waals surface area contributed by atoms with Crippen LogP contribution in [0.1, 0.15) is 36.7 Å². The van der Waals surface area contributed by atoms with Crippen LogP contribution in [-0.4, -0.2) is 24.7 Å². The number of thioether (sulfide) groups is 1. The third-order valence-electron chi connectivity index (χ3n) is 3.42. The van der Waals surface area contributed by atoms with Gasteiger partial charge in [-0.3, -0.25) is 4.79 Å². The maximum Gasteiger partial charge on any atom is 0.189 e. The van der Waals surface area contributed by atoms with E-state index in [4.69, 9.17) is 9.47 Å². The maximum atomic E-state index is 12.6. The molecule has 0 N–H and O–H groups in total. The van der Waals surface area contributed by atoms with Crippen molar-refractivity contribution >= 4 is 23.6 Å². The molecule has 132 valence electrons. The summed E-state index contributed by atoms with van der Waals surface area (Å²) >= 11 is 1.78. The number of ketones is 1. The van der Waals surface area contributed by atoms with Gasteiger partial charge in [0, 0.05) is 15.7 Å². The lowest BCUT2D eigenvalue weighted by Crippen LogP contribution is -2.07. The minimum absolute atomic E-state index is 0.102. The highest BCUT2D eigenvalue weighted by molar-refractivity contribution is 8.00. The van der Waals surface area contributed by atoms with Crippen LogP contribution in [0.4, 0.5) is 0 Å². The molecule has 2 aromatic carbocycles. The highest BCUT2D eigenvalue weighted by Gasteiger charge is 2.14. The molecule has 3 nitrogen and oxygen atoms in total. The third-order valence-corrected chi connectivity index (χ3v) is 4.63. The van der Waals surface area contributed by atoms with Crippen LogP contribution >= 0.6 is 11.8 Å². The first-order chi connectivity index (χ1) is 11.8. The summed E-state index contributed by atoms with van der Waals surface area (Å²) < 4.78 is 10.6. The largest absolute Gasteiger partial charge is 0.497 e. The summed E-state index contributed by atoms with van der Waals surface area (Å²) in [6.07, 6.45) is 3.45. The van der Waals surface area contributed by atoms with Gasteiger partial charge in [-0.1, -0.05) is 39.0 Å². The number of allylic oxidation sites excluding steroid dienone is 1. The van der Waals surface area contributed by atoms with Crippen LogP contribution in [-0.2, 0) is 0 Å². The van der Waals surface area contributed by atoms with Gasteiger partial charge in [0.2, 0.25) is 0 Å². The monoisotopic (exact) mass is 356 g/mol. The minimum Gasteiger partial charge on any atom is -0.497 e. The van der Waals surface area contributed by atoms with Crippen molar-refractivity contribution in [3.63, 3.8) is 0 Å². The Morgan fingerprint density at radius 1 is 1.04 bits per heavy atom. The van der Waals surface area contributed by atoms with Gasteiger partial charge >= 0.3 is 0 Å². The second-order valence-corrected chi connectivity index (χ2v) is 8.38. The predicted octanol–water partition coefficient (Wildman–Crippen LogP) is 5.49. The number of benzene rings is 2. The predicted molar refractivity (Wildman–Crippen MR) is 105 cm³/mol. The summed E-state index contributed by atoms with van der Waals surface area (Å²) in [5.41, 5.74) is 1.55. The van der Waals surface area contributed by atoms with Crippen molar-refractivity contribution in [2.75, 3.05) is 14.2 Å². The molecule has 2 aromatic rings. The van der Waals surface area contributed by atoms with Crippen molar-refractivity contribution in [3.05, 3.63) is 59.7 Å². The number of methoxy groups -OCH3 is 2. The Labute approximate surface area is 154 Å². The van der Waals surface area contributed by atoms with E-state index in [1.54, 1.807) is 50.3 Å². The lowest BCUT2D eigenvalue weighted by Gasteiger charge is -2.18. The standard InChI is InChI=1S/C21H24O3S/c1-21(2,3)25-20-9-7-6-8-15(20)10-13-18(22)17-12-11-16(23-4)14-19(17)24-5/h6-14H,1-5H3/b13-10+. The molecular weight excluding hydrogens is 332 g/mol. The lowest BCUT2D eigenvalue weighted by molar-refractivity contribution is 0.104. The molecule has 0 amide bonds. The van der Waals surface area contributed by atoms with Crippen molar-refractivity contribution in [1.29, 1.82) is 0 Å². The fourth-order valence-corrected chi connectivity index (χ4v) is 3.36. The van der Waals surface area contributed by atoms with Gasteiger partial charge in [-0.2, -0.15) is 0 Å². The van der Waals surface area contributed by atoms with E-state index in [1.807, 2.05) is 24.3 Å². The zero-order chi connectivity index (χ0) is 18.4. The van der Waals surface area contributed by atoms with E-state index in [1.165, 1.54) is 0 Å². The van der Waals surface area contributed by atoms with Crippen LogP contribution in [0.3, 0.4) is 0 Å². The smallest absolute Gasteiger partial charge is 0.189 e. The number of hydrogen-bond acceptors (Lipinski definition) is 4. The molecule has 0 aromatic heterocycles. The topological polar surface area (TPSA) is 35.5 Å². The SMILES string of the molecule is COc1ccc(C(=O)/C=C/c2ccccc2SC(C)(C)C)c(OC)c1. The maximum absolute atomic E-state index is 12.6. The molecule has 0 spiro atoms. The summed E-state index contributed by atoms with van der Waals surface area (Å²) in [5.74, 6) is 1.06.